The van der Waals surface area contributed by atoms with Crippen LogP contribution in [0, 0.1) is 0 Å². The molecule has 1 aromatic heterocycles. The molecular formula is C14H20N4O. The monoisotopic (exact) mass is 260 g/mol. The number of nitrogens with one attached hydrogen (secondary N) is 1. The van der Waals surface area contributed by atoms with Crippen LogP contribution in [-0.4, -0.2) is 37.2 Å². The van der Waals surface area contributed by atoms with E-state index in [1.165, 1.54) is 12.8 Å². The topological polar surface area (TPSA) is 48.5 Å². The molecule has 2 aliphatic heterocycles. The molecule has 0 aromatic carbocycles. The van der Waals surface area contributed by atoms with E-state index in [-0.39, 0.29) is 6.17 Å². The molecule has 1 aromatic rings. The third-order valence-electron chi connectivity index (χ3n) is 4.01. The Morgan fingerprint density at radius 3 is 2.74 bits per heavy atom. The van der Waals surface area contributed by atoms with E-state index in [2.05, 4.69) is 32.2 Å². The van der Waals surface area contributed by atoms with E-state index in [1.807, 2.05) is 6.20 Å². The molecule has 0 radical (unpaired) electrons. The first-order valence-corrected chi connectivity index (χ1v) is 7.06. The van der Waals surface area contributed by atoms with Gasteiger partial charge in [0.05, 0.1) is 11.9 Å². The molecule has 1 unspecified atom stereocenters. The molecule has 2 fully saturated rings. The zero-order valence-corrected chi connectivity index (χ0v) is 11.1. The van der Waals surface area contributed by atoms with Crippen LogP contribution in [0.2, 0.25) is 0 Å². The third-order valence-corrected chi connectivity index (χ3v) is 4.01. The van der Waals surface area contributed by atoms with Gasteiger partial charge in [0.25, 0.3) is 0 Å². The summed E-state index contributed by atoms with van der Waals surface area (Å²) >= 11 is 0. The van der Waals surface area contributed by atoms with E-state index in [0.29, 0.717) is 0 Å². The molecule has 2 saturated heterocycles. The number of carbonyl (C=O) groups is 1. The average molecular weight is 260 g/mol. The molecule has 0 bridgehead atoms. The fraction of sp³-hybridized carbons (Fsp3) is 0.571. The van der Waals surface area contributed by atoms with Crippen LogP contribution in [0.5, 0.6) is 0 Å². The number of pyridine rings is 1. The summed E-state index contributed by atoms with van der Waals surface area (Å²) in [4.78, 5) is 19.7. The van der Waals surface area contributed by atoms with Gasteiger partial charge in [-0.15, -0.1) is 0 Å². The lowest BCUT2D eigenvalue weighted by Gasteiger charge is -2.26. The van der Waals surface area contributed by atoms with Gasteiger partial charge < -0.3 is 15.1 Å². The van der Waals surface area contributed by atoms with E-state index >= 15 is 0 Å². The number of carbonyl (C=O) groups excluding carboxylic acids is 1. The van der Waals surface area contributed by atoms with Crippen LogP contribution >= 0.6 is 0 Å². The van der Waals surface area contributed by atoms with Gasteiger partial charge in [0, 0.05) is 19.6 Å². The second kappa shape index (κ2) is 5.47. The van der Waals surface area contributed by atoms with Crippen molar-refractivity contribution in [1.29, 1.82) is 0 Å². The van der Waals surface area contributed by atoms with Crippen molar-refractivity contribution in [2.75, 3.05) is 29.4 Å². The van der Waals surface area contributed by atoms with Gasteiger partial charge in [-0.2, -0.15) is 0 Å². The first-order chi connectivity index (χ1) is 9.38. The summed E-state index contributed by atoms with van der Waals surface area (Å²) in [7, 11) is 0. The number of aromatic nitrogens is 1. The van der Waals surface area contributed by atoms with Crippen molar-refractivity contribution in [3.05, 3.63) is 18.3 Å². The number of hydrogen-bond acceptors (Lipinski definition) is 4. The molecule has 5 nitrogen and oxygen atoms in total. The van der Waals surface area contributed by atoms with Crippen molar-refractivity contribution in [3.8, 4) is 0 Å². The summed E-state index contributed by atoms with van der Waals surface area (Å²) in [6, 6.07) is 4.21. The minimum atomic E-state index is 0.122. The molecule has 0 spiro atoms. The number of nitrogens with zero attached hydrogens (tertiary/aromatic N) is 3. The van der Waals surface area contributed by atoms with E-state index in [9.17, 15) is 4.79 Å². The summed E-state index contributed by atoms with van der Waals surface area (Å²) in [5.74, 6) is 1.07. The normalized spacial score (nSPS) is 22.8. The fourth-order valence-electron chi connectivity index (χ4n) is 3.01. The number of anilines is 2. The van der Waals surface area contributed by atoms with Crippen LogP contribution in [0.15, 0.2) is 18.3 Å². The second-order valence-corrected chi connectivity index (χ2v) is 5.20. The van der Waals surface area contributed by atoms with Gasteiger partial charge >= 0.3 is 0 Å². The van der Waals surface area contributed by atoms with Crippen molar-refractivity contribution in [2.24, 2.45) is 0 Å². The van der Waals surface area contributed by atoms with E-state index < -0.39 is 0 Å². The van der Waals surface area contributed by atoms with E-state index in [1.54, 1.807) is 0 Å². The first-order valence-electron chi connectivity index (χ1n) is 7.06. The quantitative estimate of drug-likeness (QED) is 0.830. The highest BCUT2D eigenvalue weighted by Gasteiger charge is 2.24. The molecule has 0 aliphatic carbocycles. The Bertz CT molecular complexity index is 428. The summed E-state index contributed by atoms with van der Waals surface area (Å²) in [6.07, 6.45) is 7.48. The van der Waals surface area contributed by atoms with Gasteiger partial charge in [0.15, 0.2) is 0 Å². The van der Waals surface area contributed by atoms with Crippen LogP contribution in [-0.2, 0) is 4.79 Å². The van der Waals surface area contributed by atoms with Gasteiger partial charge in [0.2, 0.25) is 6.41 Å². The summed E-state index contributed by atoms with van der Waals surface area (Å²) in [6.45, 7) is 3.22. The SMILES string of the molecule is O=CNC1CCCN1c1ccc(N2CCCC2)nc1. The smallest absolute Gasteiger partial charge is 0.208 e. The molecule has 19 heavy (non-hydrogen) atoms. The highest BCUT2D eigenvalue weighted by Crippen LogP contribution is 2.25. The van der Waals surface area contributed by atoms with Crippen molar-refractivity contribution in [2.45, 2.75) is 31.8 Å². The lowest BCUT2D eigenvalue weighted by Crippen LogP contribution is -2.40. The molecule has 3 heterocycles. The maximum atomic E-state index is 10.6. The standard InChI is InChI=1S/C14H20N4O/c19-11-16-14-4-3-9-18(14)12-5-6-13(15-10-12)17-7-1-2-8-17/h5-6,10-11,14H,1-4,7-9H2,(H,16,19). The number of rotatable bonds is 4. The van der Waals surface area contributed by atoms with Gasteiger partial charge in [-0.3, -0.25) is 4.79 Å². The predicted octanol–water partition coefficient (Wildman–Crippen LogP) is 1.35. The second-order valence-electron chi connectivity index (χ2n) is 5.20. The summed E-state index contributed by atoms with van der Waals surface area (Å²) < 4.78 is 0. The molecule has 1 N–H and O–H groups in total. The van der Waals surface area contributed by atoms with Crippen LogP contribution in [0.4, 0.5) is 11.5 Å². The van der Waals surface area contributed by atoms with Crippen molar-refractivity contribution in [3.63, 3.8) is 0 Å². The Labute approximate surface area is 113 Å². The maximum absolute atomic E-state index is 10.6. The zero-order valence-electron chi connectivity index (χ0n) is 11.1. The van der Waals surface area contributed by atoms with Gasteiger partial charge in [0.1, 0.15) is 12.0 Å². The van der Waals surface area contributed by atoms with Crippen molar-refractivity contribution in [1.82, 2.24) is 10.3 Å². The molecule has 1 amide bonds. The van der Waals surface area contributed by atoms with E-state index in [0.717, 1.165) is 50.4 Å². The van der Waals surface area contributed by atoms with Crippen LogP contribution < -0.4 is 15.1 Å². The summed E-state index contributed by atoms with van der Waals surface area (Å²) in [5, 5.41) is 2.87. The van der Waals surface area contributed by atoms with Crippen molar-refractivity contribution < 1.29 is 4.79 Å². The first kappa shape index (κ1) is 12.3. The van der Waals surface area contributed by atoms with Crippen LogP contribution in [0.3, 0.4) is 0 Å². The Morgan fingerprint density at radius 1 is 1.21 bits per heavy atom. The highest BCUT2D eigenvalue weighted by atomic mass is 16.1. The Kier molecular flexibility index (Phi) is 3.53. The Morgan fingerprint density at radius 2 is 2.05 bits per heavy atom. The number of amides is 1. The zero-order chi connectivity index (χ0) is 13.1. The largest absolute Gasteiger partial charge is 0.357 e. The van der Waals surface area contributed by atoms with E-state index in [4.69, 9.17) is 0 Å². The molecule has 3 rings (SSSR count). The van der Waals surface area contributed by atoms with Gasteiger partial charge in [-0.05, 0) is 37.8 Å². The predicted molar refractivity (Wildman–Crippen MR) is 75.3 cm³/mol. The lowest BCUT2D eigenvalue weighted by molar-refractivity contribution is -0.110. The van der Waals surface area contributed by atoms with Crippen molar-refractivity contribution >= 4 is 17.9 Å². The Balaban J connectivity index is 1.72. The molecule has 0 saturated carbocycles. The maximum Gasteiger partial charge on any atom is 0.208 e. The molecule has 102 valence electrons. The lowest BCUT2D eigenvalue weighted by atomic mass is 10.3. The minimum Gasteiger partial charge on any atom is -0.357 e. The van der Waals surface area contributed by atoms with Crippen LogP contribution in [0.25, 0.3) is 0 Å². The minimum absolute atomic E-state index is 0.122. The Hall–Kier alpha value is -1.78. The third kappa shape index (κ3) is 2.50. The molecule has 2 aliphatic rings. The molecule has 5 heteroatoms. The molecular weight excluding hydrogens is 240 g/mol. The fourth-order valence-corrected chi connectivity index (χ4v) is 3.01. The number of hydrogen-bond donors (Lipinski definition) is 1. The van der Waals surface area contributed by atoms with Crippen LogP contribution in [0.1, 0.15) is 25.7 Å². The van der Waals surface area contributed by atoms with Gasteiger partial charge in [-0.25, -0.2) is 4.98 Å². The summed E-state index contributed by atoms with van der Waals surface area (Å²) in [5.41, 5.74) is 1.10. The molecule has 1 atom stereocenters. The van der Waals surface area contributed by atoms with Gasteiger partial charge in [-0.1, -0.05) is 0 Å². The average Bonchev–Trinajstić information content (AvgIpc) is 3.10. The highest BCUT2D eigenvalue weighted by molar-refractivity contribution is 5.54.